The Hall–Kier alpha value is -3.67. The molecule has 0 spiro atoms. The van der Waals surface area contributed by atoms with Crippen molar-refractivity contribution in [3.05, 3.63) is 89.6 Å². The lowest BCUT2D eigenvalue weighted by molar-refractivity contribution is 0.0752. The lowest BCUT2D eigenvalue weighted by atomic mass is 10.1. The van der Waals surface area contributed by atoms with Crippen molar-refractivity contribution in [2.75, 3.05) is 13.7 Å². The summed E-state index contributed by atoms with van der Waals surface area (Å²) in [4.78, 5) is 23.4. The van der Waals surface area contributed by atoms with Crippen LogP contribution in [-0.2, 0) is 13.0 Å². The fourth-order valence-corrected chi connectivity index (χ4v) is 3.32. The predicted octanol–water partition coefficient (Wildman–Crippen LogP) is 4.48. The first-order valence-electron chi connectivity index (χ1n) is 9.87. The van der Waals surface area contributed by atoms with Gasteiger partial charge in [0, 0.05) is 37.5 Å². The second-order valence-electron chi connectivity index (χ2n) is 6.99. The second kappa shape index (κ2) is 8.78. The molecule has 152 valence electrons. The molecule has 6 nitrogen and oxygen atoms in total. The molecule has 0 radical (unpaired) electrons. The highest BCUT2D eigenvalue weighted by molar-refractivity contribution is 5.97. The highest BCUT2D eigenvalue weighted by Crippen LogP contribution is 2.21. The van der Waals surface area contributed by atoms with E-state index in [9.17, 15) is 4.79 Å². The van der Waals surface area contributed by atoms with Crippen LogP contribution in [-0.4, -0.2) is 34.4 Å². The average Bonchev–Trinajstić information content (AvgIpc) is 3.19. The molecular formula is C24H23N3O3. The molecule has 1 amide bonds. The molecule has 0 aliphatic carbocycles. The van der Waals surface area contributed by atoms with E-state index in [1.165, 1.54) is 0 Å². The van der Waals surface area contributed by atoms with Gasteiger partial charge in [-0.15, -0.1) is 0 Å². The van der Waals surface area contributed by atoms with Gasteiger partial charge in [-0.25, -0.2) is 4.98 Å². The third kappa shape index (κ3) is 4.33. The van der Waals surface area contributed by atoms with Crippen molar-refractivity contribution in [3.8, 4) is 5.75 Å². The van der Waals surface area contributed by atoms with Crippen LogP contribution in [0, 0.1) is 0 Å². The van der Waals surface area contributed by atoms with Crippen molar-refractivity contribution in [2.24, 2.45) is 0 Å². The number of amides is 1. The lowest BCUT2D eigenvalue weighted by Crippen LogP contribution is -2.30. The Morgan fingerprint density at radius 1 is 1.03 bits per heavy atom. The van der Waals surface area contributed by atoms with Crippen molar-refractivity contribution in [3.63, 3.8) is 0 Å². The van der Waals surface area contributed by atoms with E-state index in [1.54, 1.807) is 36.5 Å². The van der Waals surface area contributed by atoms with E-state index in [-0.39, 0.29) is 5.91 Å². The molecular weight excluding hydrogens is 378 g/mol. The zero-order valence-electron chi connectivity index (χ0n) is 17.0. The standard InChI is InChI=1S/C24H23N3O3/c1-3-27(16-18-10-12-25-13-11-18)24(28)19-6-9-21-22(15-19)30-23(26-21)14-17-4-7-20(29-2)8-5-17/h4-13,15H,3,14,16H2,1-2H3. The van der Waals surface area contributed by atoms with Crippen molar-refractivity contribution in [1.82, 2.24) is 14.9 Å². The molecule has 6 heteroatoms. The van der Waals surface area contributed by atoms with Crippen LogP contribution in [0.15, 0.2) is 71.4 Å². The summed E-state index contributed by atoms with van der Waals surface area (Å²) >= 11 is 0. The van der Waals surface area contributed by atoms with Crippen LogP contribution in [0.3, 0.4) is 0 Å². The summed E-state index contributed by atoms with van der Waals surface area (Å²) in [5, 5.41) is 0. The third-order valence-corrected chi connectivity index (χ3v) is 4.99. The Kier molecular flexibility index (Phi) is 5.75. The van der Waals surface area contributed by atoms with Gasteiger partial charge in [0.05, 0.1) is 7.11 Å². The Labute approximate surface area is 175 Å². The van der Waals surface area contributed by atoms with Crippen LogP contribution < -0.4 is 4.74 Å². The quantitative estimate of drug-likeness (QED) is 0.457. The summed E-state index contributed by atoms with van der Waals surface area (Å²) in [5.41, 5.74) is 4.07. The molecule has 0 unspecified atom stereocenters. The third-order valence-electron chi connectivity index (χ3n) is 4.99. The van der Waals surface area contributed by atoms with E-state index in [0.29, 0.717) is 36.5 Å². The normalized spacial score (nSPS) is 10.9. The van der Waals surface area contributed by atoms with Crippen molar-refractivity contribution in [2.45, 2.75) is 19.9 Å². The zero-order chi connectivity index (χ0) is 20.9. The number of rotatable bonds is 7. The SMILES string of the molecule is CCN(Cc1ccncc1)C(=O)c1ccc2nc(Cc3ccc(OC)cc3)oc2c1. The maximum absolute atomic E-state index is 13.0. The molecule has 2 heterocycles. The molecule has 0 N–H and O–H groups in total. The maximum atomic E-state index is 13.0. The fraction of sp³-hybridized carbons (Fsp3) is 0.208. The lowest BCUT2D eigenvalue weighted by Gasteiger charge is -2.21. The van der Waals surface area contributed by atoms with Crippen LogP contribution in [0.4, 0.5) is 0 Å². The first-order chi connectivity index (χ1) is 14.7. The molecule has 0 fully saturated rings. The number of pyridine rings is 1. The van der Waals surface area contributed by atoms with Gasteiger partial charge in [-0.2, -0.15) is 0 Å². The second-order valence-corrected chi connectivity index (χ2v) is 6.99. The molecule has 4 rings (SSSR count). The largest absolute Gasteiger partial charge is 0.497 e. The number of hydrogen-bond donors (Lipinski definition) is 0. The monoisotopic (exact) mass is 401 g/mol. The van der Waals surface area contributed by atoms with Crippen molar-refractivity contribution < 1.29 is 13.9 Å². The summed E-state index contributed by atoms with van der Waals surface area (Å²) in [7, 11) is 1.64. The van der Waals surface area contributed by atoms with E-state index in [1.807, 2.05) is 49.4 Å². The number of methoxy groups -OCH3 is 1. The van der Waals surface area contributed by atoms with Crippen LogP contribution in [0.2, 0.25) is 0 Å². The minimum absolute atomic E-state index is 0.0377. The van der Waals surface area contributed by atoms with E-state index in [4.69, 9.17) is 9.15 Å². The first kappa shape index (κ1) is 19.6. The molecule has 4 aromatic rings. The number of benzene rings is 2. The van der Waals surface area contributed by atoms with Crippen LogP contribution >= 0.6 is 0 Å². The minimum Gasteiger partial charge on any atom is -0.497 e. The van der Waals surface area contributed by atoms with Gasteiger partial charge in [-0.05, 0) is 60.5 Å². The van der Waals surface area contributed by atoms with Crippen molar-refractivity contribution >= 4 is 17.0 Å². The van der Waals surface area contributed by atoms with E-state index in [2.05, 4.69) is 9.97 Å². The smallest absolute Gasteiger partial charge is 0.254 e. The molecule has 0 saturated heterocycles. The number of carbonyl (C=O) groups is 1. The molecule has 2 aromatic carbocycles. The number of hydrogen-bond acceptors (Lipinski definition) is 5. The number of aromatic nitrogens is 2. The number of carbonyl (C=O) groups excluding carboxylic acids is 1. The molecule has 30 heavy (non-hydrogen) atoms. The molecule has 0 aliphatic rings. The van der Waals surface area contributed by atoms with Gasteiger partial charge in [0.25, 0.3) is 5.91 Å². The highest BCUT2D eigenvalue weighted by atomic mass is 16.5. The van der Waals surface area contributed by atoms with Crippen molar-refractivity contribution in [1.29, 1.82) is 0 Å². The summed E-state index contributed by atoms with van der Waals surface area (Å²) in [6.07, 6.45) is 4.04. The van der Waals surface area contributed by atoms with E-state index >= 15 is 0 Å². The predicted molar refractivity (Wildman–Crippen MR) is 114 cm³/mol. The topological polar surface area (TPSA) is 68.5 Å². The van der Waals surface area contributed by atoms with Gasteiger partial charge in [0.2, 0.25) is 0 Å². The Bertz CT molecular complexity index is 1140. The Morgan fingerprint density at radius 2 is 1.80 bits per heavy atom. The highest BCUT2D eigenvalue weighted by Gasteiger charge is 2.17. The minimum atomic E-state index is -0.0377. The fourth-order valence-electron chi connectivity index (χ4n) is 3.32. The molecule has 0 atom stereocenters. The van der Waals surface area contributed by atoms with Crippen LogP contribution in [0.5, 0.6) is 5.75 Å². The van der Waals surface area contributed by atoms with Crippen LogP contribution in [0.25, 0.3) is 11.1 Å². The first-order valence-corrected chi connectivity index (χ1v) is 9.87. The Morgan fingerprint density at radius 3 is 2.50 bits per heavy atom. The van der Waals surface area contributed by atoms with Gasteiger partial charge >= 0.3 is 0 Å². The maximum Gasteiger partial charge on any atom is 0.254 e. The summed E-state index contributed by atoms with van der Waals surface area (Å²) in [6, 6.07) is 17.1. The molecule has 0 saturated carbocycles. The summed E-state index contributed by atoms with van der Waals surface area (Å²) in [6.45, 7) is 3.12. The average molecular weight is 401 g/mol. The molecule has 0 aliphatic heterocycles. The van der Waals surface area contributed by atoms with Gasteiger partial charge < -0.3 is 14.1 Å². The van der Waals surface area contributed by atoms with Gasteiger partial charge in [0.15, 0.2) is 11.5 Å². The van der Waals surface area contributed by atoms with Gasteiger partial charge in [-0.3, -0.25) is 9.78 Å². The van der Waals surface area contributed by atoms with E-state index < -0.39 is 0 Å². The number of ether oxygens (including phenoxy) is 1. The summed E-state index contributed by atoms with van der Waals surface area (Å²) in [5.74, 6) is 1.39. The number of fused-ring (bicyclic) bond motifs is 1. The summed E-state index contributed by atoms with van der Waals surface area (Å²) < 4.78 is 11.1. The van der Waals surface area contributed by atoms with Gasteiger partial charge in [-0.1, -0.05) is 12.1 Å². The zero-order valence-corrected chi connectivity index (χ0v) is 17.0. The Balaban J connectivity index is 1.52. The number of oxazole rings is 1. The molecule has 2 aromatic heterocycles. The molecule has 0 bridgehead atoms. The van der Waals surface area contributed by atoms with E-state index in [0.717, 1.165) is 22.4 Å². The van der Waals surface area contributed by atoms with Crippen LogP contribution in [0.1, 0.15) is 34.3 Å². The number of nitrogens with zero attached hydrogens (tertiary/aromatic N) is 3. The van der Waals surface area contributed by atoms with Gasteiger partial charge in [0.1, 0.15) is 11.3 Å².